The number of carboxylic acids is 1. The quantitative estimate of drug-likeness (QED) is 0.341. The lowest BCUT2D eigenvalue weighted by atomic mass is 10.1. The summed E-state index contributed by atoms with van der Waals surface area (Å²) in [5.41, 5.74) is 1.85. The molecule has 0 aliphatic heterocycles. The molecule has 0 saturated carbocycles. The number of rotatable bonds is 12. The fourth-order valence-electron chi connectivity index (χ4n) is 1.98. The summed E-state index contributed by atoms with van der Waals surface area (Å²) >= 11 is 0. The van der Waals surface area contributed by atoms with E-state index in [1.54, 1.807) is 0 Å². The van der Waals surface area contributed by atoms with Crippen molar-refractivity contribution in [2.45, 2.75) is 51.9 Å². The van der Waals surface area contributed by atoms with E-state index in [9.17, 15) is 9.90 Å². The Labute approximate surface area is 123 Å². The lowest BCUT2D eigenvalue weighted by Crippen LogP contribution is -2.41. The minimum atomic E-state index is -2.97. The van der Waals surface area contributed by atoms with Gasteiger partial charge in [0.2, 0.25) is 0 Å². The van der Waals surface area contributed by atoms with Gasteiger partial charge in [-0.3, -0.25) is 0 Å². The highest BCUT2D eigenvalue weighted by molar-refractivity contribution is 6.66. The number of aliphatic carboxylic acids is 1. The van der Waals surface area contributed by atoms with Crippen molar-refractivity contribution in [3.8, 4) is 0 Å². The second kappa shape index (κ2) is 11.0. The molecule has 0 unspecified atom stereocenters. The van der Waals surface area contributed by atoms with Crippen LogP contribution in [0.15, 0.2) is 11.3 Å². The minimum absolute atomic E-state index is 0.317. The van der Waals surface area contributed by atoms with E-state index in [4.69, 9.17) is 13.3 Å². The number of carbonyl (C=O) groups is 1. The monoisotopic (exact) mass is 304 g/mol. The molecule has 20 heavy (non-hydrogen) atoms. The van der Waals surface area contributed by atoms with Gasteiger partial charge in [-0.2, -0.15) is 0 Å². The molecule has 0 bridgehead atoms. The number of unbranched alkanes of at least 4 members (excludes halogenated alkanes) is 5. The minimum Gasteiger partial charge on any atom is -0.478 e. The van der Waals surface area contributed by atoms with Crippen LogP contribution < -0.4 is 0 Å². The van der Waals surface area contributed by atoms with Crippen molar-refractivity contribution in [2.24, 2.45) is 0 Å². The van der Waals surface area contributed by atoms with Crippen LogP contribution in [0.2, 0.25) is 0 Å². The van der Waals surface area contributed by atoms with Gasteiger partial charge in [-0.15, -0.1) is 0 Å². The van der Waals surface area contributed by atoms with E-state index in [0.717, 1.165) is 19.3 Å². The Hall–Kier alpha value is -0.693. The zero-order valence-electron chi connectivity index (χ0n) is 13.1. The van der Waals surface area contributed by atoms with E-state index in [1.165, 1.54) is 46.3 Å². The van der Waals surface area contributed by atoms with Gasteiger partial charge in [-0.25, -0.2) is 4.79 Å². The maximum atomic E-state index is 11.3. The van der Waals surface area contributed by atoms with Crippen LogP contribution in [0.3, 0.4) is 0 Å². The van der Waals surface area contributed by atoms with E-state index in [1.807, 2.05) is 0 Å². The van der Waals surface area contributed by atoms with Crippen molar-refractivity contribution in [3.05, 3.63) is 11.3 Å². The summed E-state index contributed by atoms with van der Waals surface area (Å²) in [4.78, 5) is 11.3. The standard InChI is InChI=1S/C14H28O5Si/c1-5-6-7-8-9-10-11-13(14(15)16)12-20(17-2,18-3)19-4/h12H,5-11H2,1-4H3,(H,15,16). The van der Waals surface area contributed by atoms with Gasteiger partial charge >= 0.3 is 14.8 Å². The highest BCUT2D eigenvalue weighted by atomic mass is 28.4. The predicted octanol–water partition coefficient (Wildman–Crippen LogP) is 3.17. The molecule has 0 aliphatic rings. The zero-order valence-corrected chi connectivity index (χ0v) is 14.1. The number of hydrogen-bond donors (Lipinski definition) is 1. The van der Waals surface area contributed by atoms with E-state index in [-0.39, 0.29) is 0 Å². The third-order valence-electron chi connectivity index (χ3n) is 3.28. The summed E-state index contributed by atoms with van der Waals surface area (Å²) in [6.45, 7) is 2.18. The van der Waals surface area contributed by atoms with Crippen molar-refractivity contribution >= 4 is 14.8 Å². The molecule has 6 heteroatoms. The molecule has 0 radical (unpaired) electrons. The van der Waals surface area contributed by atoms with Crippen molar-refractivity contribution in [3.63, 3.8) is 0 Å². The Balaban J connectivity index is 4.45. The van der Waals surface area contributed by atoms with Gasteiger partial charge in [-0.05, 0) is 18.5 Å². The Morgan fingerprint density at radius 3 is 1.95 bits per heavy atom. The molecule has 1 N–H and O–H groups in total. The Bertz CT molecular complexity index is 292. The van der Waals surface area contributed by atoms with Crippen molar-refractivity contribution in [2.75, 3.05) is 21.3 Å². The first-order chi connectivity index (χ1) is 9.55. The van der Waals surface area contributed by atoms with Gasteiger partial charge in [0.15, 0.2) is 0 Å². The van der Waals surface area contributed by atoms with Gasteiger partial charge in [0.1, 0.15) is 0 Å². The van der Waals surface area contributed by atoms with Crippen molar-refractivity contribution < 1.29 is 23.2 Å². The van der Waals surface area contributed by atoms with Crippen LogP contribution >= 0.6 is 0 Å². The summed E-state index contributed by atoms with van der Waals surface area (Å²) in [5.74, 6) is -0.929. The van der Waals surface area contributed by atoms with Crippen molar-refractivity contribution in [1.29, 1.82) is 0 Å². The maximum Gasteiger partial charge on any atom is 0.529 e. The molecule has 0 atom stereocenters. The lowest BCUT2D eigenvalue weighted by Gasteiger charge is -2.21. The van der Waals surface area contributed by atoms with Crippen LogP contribution in [0.4, 0.5) is 0 Å². The van der Waals surface area contributed by atoms with Crippen LogP contribution in [0.1, 0.15) is 51.9 Å². The van der Waals surface area contributed by atoms with Gasteiger partial charge < -0.3 is 18.4 Å². The third kappa shape index (κ3) is 7.19. The fraction of sp³-hybridized carbons (Fsp3) is 0.786. The normalized spacial score (nSPS) is 12.7. The van der Waals surface area contributed by atoms with Crippen LogP contribution in [-0.2, 0) is 18.1 Å². The molecular formula is C14H28O5Si. The Kier molecular flexibility index (Phi) is 10.6. The molecule has 118 valence electrons. The highest BCUT2D eigenvalue weighted by Crippen LogP contribution is 2.17. The van der Waals surface area contributed by atoms with Crippen molar-refractivity contribution in [1.82, 2.24) is 0 Å². The molecule has 0 saturated heterocycles. The van der Waals surface area contributed by atoms with E-state index in [0.29, 0.717) is 12.0 Å². The summed E-state index contributed by atoms with van der Waals surface area (Å²) in [7, 11) is 1.45. The molecule has 0 aromatic heterocycles. The second-order valence-electron chi connectivity index (χ2n) is 4.71. The SMILES string of the molecule is CCCCCCCCC(=C[Si](OC)(OC)OC)C(=O)O. The predicted molar refractivity (Wildman–Crippen MR) is 80.5 cm³/mol. The molecule has 0 aromatic carbocycles. The average molecular weight is 304 g/mol. The van der Waals surface area contributed by atoms with Crippen LogP contribution in [0, 0.1) is 0 Å². The summed E-state index contributed by atoms with van der Waals surface area (Å²) in [5, 5.41) is 9.25. The second-order valence-corrected chi connectivity index (χ2v) is 7.43. The molecular weight excluding hydrogens is 276 g/mol. The van der Waals surface area contributed by atoms with Crippen LogP contribution in [0.25, 0.3) is 0 Å². The van der Waals surface area contributed by atoms with Gasteiger partial charge in [-0.1, -0.05) is 39.0 Å². The van der Waals surface area contributed by atoms with Gasteiger partial charge in [0.05, 0.1) is 0 Å². The van der Waals surface area contributed by atoms with Gasteiger partial charge in [0, 0.05) is 26.9 Å². The van der Waals surface area contributed by atoms with Gasteiger partial charge in [0.25, 0.3) is 0 Å². The summed E-state index contributed by atoms with van der Waals surface area (Å²) in [6, 6.07) is 0. The molecule has 0 fully saturated rings. The molecule has 0 rings (SSSR count). The lowest BCUT2D eigenvalue weighted by molar-refractivity contribution is -0.132. The Morgan fingerprint density at radius 1 is 1.00 bits per heavy atom. The number of hydrogen-bond acceptors (Lipinski definition) is 4. The largest absolute Gasteiger partial charge is 0.529 e. The third-order valence-corrected chi connectivity index (χ3v) is 5.69. The molecule has 0 aromatic rings. The first-order valence-electron chi connectivity index (χ1n) is 7.15. The highest BCUT2D eigenvalue weighted by Gasteiger charge is 2.36. The average Bonchev–Trinajstić information content (AvgIpc) is 2.46. The summed E-state index contributed by atoms with van der Waals surface area (Å²) < 4.78 is 15.7. The zero-order chi connectivity index (χ0) is 15.4. The van der Waals surface area contributed by atoms with Crippen LogP contribution in [0.5, 0.6) is 0 Å². The first kappa shape index (κ1) is 19.3. The summed E-state index contributed by atoms with van der Waals surface area (Å²) in [6.07, 6.45) is 7.26. The smallest absolute Gasteiger partial charge is 0.478 e. The van der Waals surface area contributed by atoms with Crippen LogP contribution in [-0.4, -0.2) is 41.2 Å². The molecule has 0 heterocycles. The molecule has 5 nitrogen and oxygen atoms in total. The topological polar surface area (TPSA) is 65.0 Å². The maximum absolute atomic E-state index is 11.3. The van der Waals surface area contributed by atoms with E-state index < -0.39 is 14.8 Å². The first-order valence-corrected chi connectivity index (χ1v) is 8.95. The van der Waals surface area contributed by atoms with E-state index in [2.05, 4.69) is 6.92 Å². The molecule has 0 amide bonds. The number of carboxylic acid groups (broad SMARTS) is 1. The molecule has 0 spiro atoms. The Morgan fingerprint density at radius 2 is 1.50 bits per heavy atom. The fourth-order valence-corrected chi connectivity index (χ4v) is 3.52. The van der Waals surface area contributed by atoms with E-state index >= 15 is 0 Å². The molecule has 0 aliphatic carbocycles.